The predicted molar refractivity (Wildman–Crippen MR) is 77.5 cm³/mol. The van der Waals surface area contributed by atoms with Crippen molar-refractivity contribution in [1.29, 1.82) is 0 Å². The van der Waals surface area contributed by atoms with Gasteiger partial charge >= 0.3 is 0 Å². The summed E-state index contributed by atoms with van der Waals surface area (Å²) >= 11 is 3.18. The van der Waals surface area contributed by atoms with Gasteiger partial charge in [-0.3, -0.25) is 4.79 Å². The summed E-state index contributed by atoms with van der Waals surface area (Å²) in [7, 11) is 0. The van der Waals surface area contributed by atoms with Gasteiger partial charge in [0.25, 0.3) is 0 Å². The average Bonchev–Trinajstić information content (AvgIpc) is 2.39. The summed E-state index contributed by atoms with van der Waals surface area (Å²) in [5.74, 6) is 0.347. The van der Waals surface area contributed by atoms with Crippen LogP contribution in [0, 0.1) is 0 Å². The number of halogens is 1. The van der Waals surface area contributed by atoms with Crippen LogP contribution < -0.4 is 11.1 Å². The average molecular weight is 321 g/mol. The number of nitrogen functional groups attached to an aromatic ring is 1. The molecule has 2 aromatic rings. The lowest BCUT2D eigenvalue weighted by Gasteiger charge is -2.04. The number of aryl methyl sites for hydroxylation is 1. The maximum atomic E-state index is 11.7. The van der Waals surface area contributed by atoms with E-state index in [1.807, 2.05) is 24.3 Å². The number of carbonyl (C=O) groups is 1. The van der Waals surface area contributed by atoms with Crippen LogP contribution in [0.2, 0.25) is 0 Å². The van der Waals surface area contributed by atoms with Crippen molar-refractivity contribution < 1.29 is 4.79 Å². The SMILES string of the molecule is Nc1cccc(CCC(=O)Nc2cnc(Br)cn2)c1. The number of nitrogens with zero attached hydrogens (tertiary/aromatic N) is 2. The van der Waals surface area contributed by atoms with Gasteiger partial charge in [0.1, 0.15) is 4.60 Å². The normalized spacial score (nSPS) is 10.2. The maximum Gasteiger partial charge on any atom is 0.225 e. The summed E-state index contributed by atoms with van der Waals surface area (Å²) in [5, 5.41) is 2.69. The third-order valence-electron chi connectivity index (χ3n) is 2.48. The van der Waals surface area contributed by atoms with E-state index in [4.69, 9.17) is 5.73 Å². The fraction of sp³-hybridized carbons (Fsp3) is 0.154. The van der Waals surface area contributed by atoms with Crippen LogP contribution in [0.4, 0.5) is 11.5 Å². The van der Waals surface area contributed by atoms with Gasteiger partial charge in [-0.25, -0.2) is 9.97 Å². The van der Waals surface area contributed by atoms with E-state index < -0.39 is 0 Å². The summed E-state index contributed by atoms with van der Waals surface area (Å²) in [6.45, 7) is 0. The van der Waals surface area contributed by atoms with Crippen LogP contribution in [0.1, 0.15) is 12.0 Å². The molecule has 1 heterocycles. The lowest BCUT2D eigenvalue weighted by Crippen LogP contribution is -2.13. The van der Waals surface area contributed by atoms with Crippen molar-refractivity contribution in [2.75, 3.05) is 11.1 Å². The van der Waals surface area contributed by atoms with Gasteiger partial charge < -0.3 is 11.1 Å². The molecule has 0 fully saturated rings. The minimum absolute atomic E-state index is 0.0981. The largest absolute Gasteiger partial charge is 0.399 e. The van der Waals surface area contributed by atoms with Gasteiger partial charge in [-0.05, 0) is 40.0 Å². The quantitative estimate of drug-likeness (QED) is 0.847. The second-order valence-electron chi connectivity index (χ2n) is 4.02. The molecule has 0 aliphatic rings. The van der Waals surface area contributed by atoms with Crippen molar-refractivity contribution in [3.63, 3.8) is 0 Å². The molecule has 3 N–H and O–H groups in total. The van der Waals surface area contributed by atoms with Gasteiger partial charge in [0, 0.05) is 12.1 Å². The Labute approximate surface area is 119 Å². The Morgan fingerprint density at radius 1 is 1.32 bits per heavy atom. The van der Waals surface area contributed by atoms with Gasteiger partial charge in [0.15, 0.2) is 5.82 Å². The number of nitrogens with one attached hydrogen (secondary N) is 1. The second kappa shape index (κ2) is 6.29. The monoisotopic (exact) mass is 320 g/mol. The molecular weight excluding hydrogens is 308 g/mol. The van der Waals surface area contributed by atoms with E-state index in [2.05, 4.69) is 31.2 Å². The molecule has 6 heteroatoms. The number of hydrogen-bond donors (Lipinski definition) is 2. The van der Waals surface area contributed by atoms with Crippen LogP contribution in [0.15, 0.2) is 41.3 Å². The number of rotatable bonds is 4. The number of benzene rings is 1. The van der Waals surface area contributed by atoms with E-state index >= 15 is 0 Å². The van der Waals surface area contributed by atoms with Crippen molar-refractivity contribution >= 4 is 33.3 Å². The van der Waals surface area contributed by atoms with Crippen molar-refractivity contribution in [3.8, 4) is 0 Å². The summed E-state index contributed by atoms with van der Waals surface area (Å²) in [6.07, 6.45) is 4.05. The number of aromatic nitrogens is 2. The highest BCUT2D eigenvalue weighted by Gasteiger charge is 2.04. The third kappa shape index (κ3) is 4.33. The summed E-state index contributed by atoms with van der Waals surface area (Å²) in [6, 6.07) is 7.51. The molecular formula is C13H13BrN4O. The molecule has 2 rings (SSSR count). The molecule has 0 saturated carbocycles. The highest BCUT2D eigenvalue weighted by atomic mass is 79.9. The Hall–Kier alpha value is -1.95. The first-order chi connectivity index (χ1) is 9.13. The summed E-state index contributed by atoms with van der Waals surface area (Å²) in [5.41, 5.74) is 7.42. The minimum atomic E-state index is -0.0981. The molecule has 1 aromatic heterocycles. The van der Waals surface area contributed by atoms with Gasteiger partial charge in [-0.15, -0.1) is 0 Å². The summed E-state index contributed by atoms with van der Waals surface area (Å²) < 4.78 is 0.630. The zero-order valence-corrected chi connectivity index (χ0v) is 11.7. The van der Waals surface area contributed by atoms with Gasteiger partial charge in [0.2, 0.25) is 5.91 Å². The van der Waals surface area contributed by atoms with Crippen molar-refractivity contribution in [1.82, 2.24) is 9.97 Å². The Balaban J connectivity index is 1.86. The van der Waals surface area contributed by atoms with E-state index in [1.54, 1.807) is 0 Å². The number of nitrogens with two attached hydrogens (primary N) is 1. The Bertz CT molecular complexity index is 571. The fourth-order valence-electron chi connectivity index (χ4n) is 1.59. The van der Waals surface area contributed by atoms with E-state index in [1.165, 1.54) is 12.4 Å². The molecule has 5 nitrogen and oxygen atoms in total. The Kier molecular flexibility index (Phi) is 4.46. The Morgan fingerprint density at radius 3 is 2.84 bits per heavy atom. The van der Waals surface area contributed by atoms with E-state index in [9.17, 15) is 4.79 Å². The molecule has 0 atom stereocenters. The fourth-order valence-corrected chi connectivity index (χ4v) is 1.79. The van der Waals surface area contributed by atoms with E-state index in [0.717, 1.165) is 5.56 Å². The predicted octanol–water partition coefficient (Wildman–Crippen LogP) is 2.39. The molecule has 98 valence electrons. The number of amides is 1. The van der Waals surface area contributed by atoms with Crippen molar-refractivity contribution in [3.05, 3.63) is 46.8 Å². The van der Waals surface area contributed by atoms with E-state index in [0.29, 0.717) is 29.0 Å². The van der Waals surface area contributed by atoms with Gasteiger partial charge in [-0.2, -0.15) is 0 Å². The zero-order valence-electron chi connectivity index (χ0n) is 10.1. The standard InChI is InChI=1S/C13H13BrN4O/c14-11-7-17-12(8-16-11)18-13(19)5-4-9-2-1-3-10(15)6-9/h1-3,6-8H,4-5,15H2,(H,17,18,19). The molecule has 0 unspecified atom stereocenters. The third-order valence-corrected chi connectivity index (χ3v) is 2.89. The zero-order chi connectivity index (χ0) is 13.7. The molecule has 0 saturated heterocycles. The molecule has 0 spiro atoms. The van der Waals surface area contributed by atoms with Crippen molar-refractivity contribution in [2.24, 2.45) is 0 Å². The van der Waals surface area contributed by atoms with Crippen molar-refractivity contribution in [2.45, 2.75) is 12.8 Å². The molecule has 0 aliphatic heterocycles. The first kappa shape index (κ1) is 13.5. The van der Waals surface area contributed by atoms with Crippen LogP contribution in [0.3, 0.4) is 0 Å². The molecule has 0 radical (unpaired) electrons. The maximum absolute atomic E-state index is 11.7. The lowest BCUT2D eigenvalue weighted by molar-refractivity contribution is -0.116. The molecule has 1 amide bonds. The first-order valence-corrected chi connectivity index (χ1v) is 6.54. The van der Waals surface area contributed by atoms with Crippen LogP contribution in [0.25, 0.3) is 0 Å². The van der Waals surface area contributed by atoms with Crippen LogP contribution >= 0.6 is 15.9 Å². The smallest absolute Gasteiger partial charge is 0.225 e. The number of anilines is 2. The number of carbonyl (C=O) groups excluding carboxylic acids is 1. The van der Waals surface area contributed by atoms with E-state index in [-0.39, 0.29) is 5.91 Å². The van der Waals surface area contributed by atoms with Crippen LogP contribution in [-0.4, -0.2) is 15.9 Å². The topological polar surface area (TPSA) is 80.9 Å². The summed E-state index contributed by atoms with van der Waals surface area (Å²) in [4.78, 5) is 19.7. The lowest BCUT2D eigenvalue weighted by atomic mass is 10.1. The molecule has 0 aliphatic carbocycles. The number of hydrogen-bond acceptors (Lipinski definition) is 4. The molecule has 1 aromatic carbocycles. The highest BCUT2D eigenvalue weighted by molar-refractivity contribution is 9.10. The minimum Gasteiger partial charge on any atom is -0.399 e. The van der Waals surface area contributed by atoms with Crippen LogP contribution in [-0.2, 0) is 11.2 Å². The van der Waals surface area contributed by atoms with Crippen LogP contribution in [0.5, 0.6) is 0 Å². The van der Waals surface area contributed by atoms with Gasteiger partial charge in [-0.1, -0.05) is 12.1 Å². The molecule has 0 bridgehead atoms. The Morgan fingerprint density at radius 2 is 2.16 bits per heavy atom. The first-order valence-electron chi connectivity index (χ1n) is 5.75. The second-order valence-corrected chi connectivity index (χ2v) is 4.83. The highest BCUT2D eigenvalue weighted by Crippen LogP contribution is 2.10. The van der Waals surface area contributed by atoms with Gasteiger partial charge in [0.05, 0.1) is 12.4 Å². The molecule has 19 heavy (non-hydrogen) atoms.